The van der Waals surface area contributed by atoms with Crippen molar-refractivity contribution in [2.75, 3.05) is 0 Å². The van der Waals surface area contributed by atoms with Crippen LogP contribution in [-0.2, 0) is 19.9 Å². The van der Waals surface area contributed by atoms with Crippen molar-refractivity contribution < 1.29 is 9.21 Å². The smallest absolute Gasteiger partial charge is 0.268 e. The van der Waals surface area contributed by atoms with Crippen molar-refractivity contribution in [2.45, 2.75) is 45.1 Å². The third-order valence-corrected chi connectivity index (χ3v) is 4.56. The van der Waals surface area contributed by atoms with Crippen LogP contribution in [0.2, 0.25) is 5.02 Å². The van der Waals surface area contributed by atoms with Crippen molar-refractivity contribution in [1.29, 1.82) is 0 Å². The van der Waals surface area contributed by atoms with E-state index >= 15 is 0 Å². The molecule has 2 heterocycles. The van der Waals surface area contributed by atoms with E-state index in [9.17, 15) is 4.79 Å². The molecular formula is C16H21ClN4O2. The molecule has 0 saturated heterocycles. The van der Waals surface area contributed by atoms with Gasteiger partial charge in [0.2, 0.25) is 11.8 Å². The number of rotatable bonds is 5. The molecule has 0 bridgehead atoms. The van der Waals surface area contributed by atoms with E-state index in [1.54, 1.807) is 16.8 Å². The van der Waals surface area contributed by atoms with Crippen molar-refractivity contribution in [3.63, 3.8) is 0 Å². The SMILES string of the molecule is CCc1nnc(C[C@@H]2CC[C@H](NC(=O)c3cc(Cl)cn3C)C2)o1. The highest BCUT2D eigenvalue weighted by atomic mass is 35.5. The summed E-state index contributed by atoms with van der Waals surface area (Å²) in [6.07, 6.45) is 6.25. The summed E-state index contributed by atoms with van der Waals surface area (Å²) in [5.41, 5.74) is 0.586. The maximum atomic E-state index is 12.3. The number of nitrogens with zero attached hydrogens (tertiary/aromatic N) is 3. The number of carbonyl (C=O) groups excluding carboxylic acids is 1. The molecule has 2 atom stereocenters. The van der Waals surface area contributed by atoms with Gasteiger partial charge < -0.3 is 14.3 Å². The average Bonchev–Trinajstić information content (AvgIpc) is 3.21. The van der Waals surface area contributed by atoms with Gasteiger partial charge in [-0.2, -0.15) is 0 Å². The second kappa shape index (κ2) is 6.74. The van der Waals surface area contributed by atoms with Gasteiger partial charge in [-0.25, -0.2) is 0 Å². The highest BCUT2D eigenvalue weighted by Crippen LogP contribution is 2.28. The summed E-state index contributed by atoms with van der Waals surface area (Å²) in [5.74, 6) is 1.79. The molecule has 3 rings (SSSR count). The van der Waals surface area contributed by atoms with Gasteiger partial charge in [0.1, 0.15) is 5.69 Å². The summed E-state index contributed by atoms with van der Waals surface area (Å²) in [5, 5.41) is 11.7. The molecule has 0 aromatic carbocycles. The van der Waals surface area contributed by atoms with Gasteiger partial charge in [-0.15, -0.1) is 10.2 Å². The fourth-order valence-electron chi connectivity index (χ4n) is 3.16. The quantitative estimate of drug-likeness (QED) is 0.911. The zero-order valence-corrected chi connectivity index (χ0v) is 14.1. The largest absolute Gasteiger partial charge is 0.425 e. The third-order valence-electron chi connectivity index (χ3n) is 4.36. The molecule has 124 valence electrons. The van der Waals surface area contributed by atoms with E-state index in [-0.39, 0.29) is 11.9 Å². The number of aromatic nitrogens is 3. The van der Waals surface area contributed by atoms with E-state index in [4.69, 9.17) is 16.0 Å². The Hall–Kier alpha value is -1.82. The third kappa shape index (κ3) is 3.75. The molecule has 1 aliphatic carbocycles. The van der Waals surface area contributed by atoms with Gasteiger partial charge in [0.05, 0.1) is 5.02 Å². The van der Waals surface area contributed by atoms with E-state index < -0.39 is 0 Å². The zero-order valence-electron chi connectivity index (χ0n) is 13.4. The Balaban J connectivity index is 1.53. The van der Waals surface area contributed by atoms with Gasteiger partial charge in [0.25, 0.3) is 5.91 Å². The molecule has 2 aromatic heterocycles. The zero-order chi connectivity index (χ0) is 16.4. The summed E-state index contributed by atoms with van der Waals surface area (Å²) >= 11 is 5.93. The Bertz CT molecular complexity index is 694. The molecule has 7 heteroatoms. The van der Waals surface area contributed by atoms with Gasteiger partial charge >= 0.3 is 0 Å². The number of carbonyl (C=O) groups is 1. The van der Waals surface area contributed by atoms with Crippen molar-refractivity contribution in [2.24, 2.45) is 13.0 Å². The molecule has 6 nitrogen and oxygen atoms in total. The molecule has 0 aliphatic heterocycles. The first-order chi connectivity index (χ1) is 11.0. The van der Waals surface area contributed by atoms with E-state index in [0.29, 0.717) is 28.4 Å². The summed E-state index contributed by atoms with van der Waals surface area (Å²) in [7, 11) is 1.82. The number of amides is 1. The number of nitrogens with one attached hydrogen (secondary N) is 1. The molecular weight excluding hydrogens is 316 g/mol. The predicted molar refractivity (Wildman–Crippen MR) is 86.4 cm³/mol. The van der Waals surface area contributed by atoms with Crippen LogP contribution < -0.4 is 5.32 Å². The molecule has 0 spiro atoms. The van der Waals surface area contributed by atoms with Crippen molar-refractivity contribution in [3.8, 4) is 0 Å². The number of hydrogen-bond acceptors (Lipinski definition) is 4. The Morgan fingerprint density at radius 3 is 2.87 bits per heavy atom. The van der Waals surface area contributed by atoms with Crippen LogP contribution in [-0.4, -0.2) is 26.7 Å². The van der Waals surface area contributed by atoms with E-state index in [0.717, 1.165) is 32.1 Å². The standard InChI is InChI=1S/C16H21ClN4O2/c1-3-14-19-20-15(23-14)7-10-4-5-12(6-10)18-16(22)13-8-11(17)9-21(13)2/h8-10,12H,3-7H2,1-2H3,(H,18,22)/t10-,12+/m1/s1. The lowest BCUT2D eigenvalue weighted by atomic mass is 10.0. The molecule has 2 aromatic rings. The minimum absolute atomic E-state index is 0.0730. The summed E-state index contributed by atoms with van der Waals surface area (Å²) in [6.45, 7) is 1.99. The van der Waals surface area contributed by atoms with Crippen LogP contribution in [0.1, 0.15) is 48.5 Å². The van der Waals surface area contributed by atoms with Crippen molar-refractivity contribution >= 4 is 17.5 Å². The van der Waals surface area contributed by atoms with Crippen LogP contribution in [0.15, 0.2) is 16.7 Å². The molecule has 1 N–H and O–H groups in total. The van der Waals surface area contributed by atoms with Crippen molar-refractivity contribution in [1.82, 2.24) is 20.1 Å². The monoisotopic (exact) mass is 336 g/mol. The minimum atomic E-state index is -0.0730. The molecule has 0 radical (unpaired) electrons. The maximum absolute atomic E-state index is 12.3. The van der Waals surface area contributed by atoms with Gasteiger partial charge in [-0.3, -0.25) is 4.79 Å². The predicted octanol–water partition coefficient (Wildman–Crippen LogP) is 2.77. The van der Waals surface area contributed by atoms with Crippen LogP contribution in [0.3, 0.4) is 0 Å². The van der Waals surface area contributed by atoms with Gasteiger partial charge in [-0.05, 0) is 31.2 Å². The second-order valence-corrected chi connectivity index (χ2v) is 6.59. The van der Waals surface area contributed by atoms with Gasteiger partial charge in [0, 0.05) is 32.1 Å². The topological polar surface area (TPSA) is 73.0 Å². The fourth-order valence-corrected chi connectivity index (χ4v) is 3.41. The summed E-state index contributed by atoms with van der Waals surface area (Å²) in [4.78, 5) is 12.3. The average molecular weight is 337 g/mol. The van der Waals surface area contributed by atoms with E-state index in [2.05, 4.69) is 15.5 Å². The van der Waals surface area contributed by atoms with Crippen LogP contribution in [0.4, 0.5) is 0 Å². The first-order valence-electron chi connectivity index (χ1n) is 7.99. The Morgan fingerprint density at radius 2 is 2.22 bits per heavy atom. The molecule has 1 amide bonds. The molecule has 0 unspecified atom stereocenters. The summed E-state index contributed by atoms with van der Waals surface area (Å²) in [6, 6.07) is 1.88. The Labute approximate surface area is 140 Å². The highest BCUT2D eigenvalue weighted by Gasteiger charge is 2.28. The molecule has 23 heavy (non-hydrogen) atoms. The van der Waals surface area contributed by atoms with Gasteiger partial charge in [0.15, 0.2) is 0 Å². The van der Waals surface area contributed by atoms with E-state index in [1.165, 1.54) is 0 Å². The fraction of sp³-hybridized carbons (Fsp3) is 0.562. The number of halogens is 1. The van der Waals surface area contributed by atoms with E-state index in [1.807, 2.05) is 14.0 Å². The first kappa shape index (κ1) is 16.1. The Morgan fingerprint density at radius 1 is 1.43 bits per heavy atom. The molecule has 1 aliphatic rings. The lowest BCUT2D eigenvalue weighted by Gasteiger charge is -2.13. The summed E-state index contributed by atoms with van der Waals surface area (Å²) < 4.78 is 7.32. The molecule has 1 fully saturated rings. The van der Waals surface area contributed by atoms with Crippen LogP contribution in [0.5, 0.6) is 0 Å². The molecule has 1 saturated carbocycles. The van der Waals surface area contributed by atoms with Crippen LogP contribution in [0, 0.1) is 5.92 Å². The second-order valence-electron chi connectivity index (χ2n) is 6.15. The number of aryl methyl sites for hydroxylation is 2. The first-order valence-corrected chi connectivity index (χ1v) is 8.37. The number of hydrogen-bond donors (Lipinski definition) is 1. The normalized spacial score (nSPS) is 20.8. The van der Waals surface area contributed by atoms with Crippen LogP contribution in [0.25, 0.3) is 0 Å². The van der Waals surface area contributed by atoms with Gasteiger partial charge in [-0.1, -0.05) is 18.5 Å². The lowest BCUT2D eigenvalue weighted by Crippen LogP contribution is -2.34. The Kier molecular flexibility index (Phi) is 4.71. The maximum Gasteiger partial charge on any atom is 0.268 e. The minimum Gasteiger partial charge on any atom is -0.425 e. The van der Waals surface area contributed by atoms with Crippen molar-refractivity contribution in [3.05, 3.63) is 34.8 Å². The lowest BCUT2D eigenvalue weighted by molar-refractivity contribution is 0.0929. The van der Waals surface area contributed by atoms with Crippen LogP contribution >= 0.6 is 11.6 Å². The highest BCUT2D eigenvalue weighted by molar-refractivity contribution is 6.31.